The van der Waals surface area contributed by atoms with Gasteiger partial charge in [0.1, 0.15) is 17.3 Å². The summed E-state index contributed by atoms with van der Waals surface area (Å²) >= 11 is 0. The lowest BCUT2D eigenvalue weighted by molar-refractivity contribution is -0.128. The van der Waals surface area contributed by atoms with Crippen molar-refractivity contribution in [2.45, 2.75) is 18.9 Å². The summed E-state index contributed by atoms with van der Waals surface area (Å²) in [5.74, 6) is 1.82. The van der Waals surface area contributed by atoms with E-state index in [1.165, 1.54) is 0 Å². The van der Waals surface area contributed by atoms with Crippen LogP contribution >= 0.6 is 0 Å². The van der Waals surface area contributed by atoms with Crippen LogP contribution in [0, 0.1) is 0 Å². The van der Waals surface area contributed by atoms with E-state index in [4.69, 9.17) is 9.47 Å². The SMILES string of the molecule is O=C1CCOC(c2cccc(Oc3ccccc3)c2)C1. The Labute approximate surface area is 118 Å². The van der Waals surface area contributed by atoms with E-state index in [-0.39, 0.29) is 11.9 Å². The lowest BCUT2D eigenvalue weighted by Gasteiger charge is -2.22. The monoisotopic (exact) mass is 268 g/mol. The van der Waals surface area contributed by atoms with Gasteiger partial charge < -0.3 is 9.47 Å². The third-order valence-electron chi connectivity index (χ3n) is 3.32. The third kappa shape index (κ3) is 3.06. The van der Waals surface area contributed by atoms with Gasteiger partial charge in [0, 0.05) is 12.8 Å². The van der Waals surface area contributed by atoms with Gasteiger partial charge in [0.2, 0.25) is 0 Å². The maximum atomic E-state index is 11.5. The highest BCUT2D eigenvalue weighted by molar-refractivity contribution is 5.79. The van der Waals surface area contributed by atoms with Crippen LogP contribution in [0.1, 0.15) is 24.5 Å². The van der Waals surface area contributed by atoms with Crippen molar-refractivity contribution in [2.75, 3.05) is 6.61 Å². The fourth-order valence-corrected chi connectivity index (χ4v) is 2.30. The second-order valence-electron chi connectivity index (χ2n) is 4.84. The number of rotatable bonds is 3. The van der Waals surface area contributed by atoms with Gasteiger partial charge in [-0.2, -0.15) is 0 Å². The average molecular weight is 268 g/mol. The minimum Gasteiger partial charge on any atom is -0.457 e. The van der Waals surface area contributed by atoms with Gasteiger partial charge in [0.15, 0.2) is 0 Å². The third-order valence-corrected chi connectivity index (χ3v) is 3.32. The van der Waals surface area contributed by atoms with E-state index >= 15 is 0 Å². The number of hydrogen-bond acceptors (Lipinski definition) is 3. The highest BCUT2D eigenvalue weighted by Gasteiger charge is 2.21. The number of para-hydroxylation sites is 1. The van der Waals surface area contributed by atoms with Gasteiger partial charge in [-0.25, -0.2) is 0 Å². The van der Waals surface area contributed by atoms with Crippen LogP contribution in [0.4, 0.5) is 0 Å². The molecule has 0 amide bonds. The molecule has 1 aliphatic heterocycles. The number of hydrogen-bond donors (Lipinski definition) is 0. The van der Waals surface area contributed by atoms with E-state index in [0.717, 1.165) is 17.1 Å². The summed E-state index contributed by atoms with van der Waals surface area (Å²) in [6.45, 7) is 0.507. The van der Waals surface area contributed by atoms with E-state index in [9.17, 15) is 4.79 Å². The number of carbonyl (C=O) groups excluding carboxylic acids is 1. The lowest BCUT2D eigenvalue weighted by Crippen LogP contribution is -2.19. The molecule has 0 aromatic heterocycles. The van der Waals surface area contributed by atoms with Crippen LogP contribution in [0.25, 0.3) is 0 Å². The Morgan fingerprint density at radius 3 is 2.60 bits per heavy atom. The minimum absolute atomic E-state index is 0.143. The summed E-state index contributed by atoms with van der Waals surface area (Å²) in [5, 5.41) is 0. The second-order valence-corrected chi connectivity index (χ2v) is 4.84. The molecule has 0 aliphatic carbocycles. The van der Waals surface area contributed by atoms with E-state index in [2.05, 4.69) is 0 Å². The van der Waals surface area contributed by atoms with Crippen LogP contribution in [-0.4, -0.2) is 12.4 Å². The van der Waals surface area contributed by atoms with Gasteiger partial charge in [-0.05, 0) is 29.8 Å². The maximum Gasteiger partial charge on any atom is 0.138 e. The molecule has 2 aromatic rings. The standard InChI is InChI=1S/C17H16O3/c18-14-9-10-19-17(12-14)13-5-4-8-16(11-13)20-15-6-2-1-3-7-15/h1-8,11,17H,9-10,12H2. The molecule has 1 unspecified atom stereocenters. The molecule has 3 heteroatoms. The van der Waals surface area contributed by atoms with Crippen LogP contribution in [0.3, 0.4) is 0 Å². The first-order chi connectivity index (χ1) is 9.81. The zero-order valence-electron chi connectivity index (χ0n) is 11.1. The molecular weight excluding hydrogens is 252 g/mol. The quantitative estimate of drug-likeness (QED) is 0.847. The zero-order chi connectivity index (χ0) is 13.8. The van der Waals surface area contributed by atoms with Crippen molar-refractivity contribution in [3.63, 3.8) is 0 Å². The Morgan fingerprint density at radius 1 is 1.00 bits per heavy atom. The fraction of sp³-hybridized carbons (Fsp3) is 0.235. The molecule has 20 heavy (non-hydrogen) atoms. The van der Waals surface area contributed by atoms with Gasteiger partial charge in [-0.3, -0.25) is 4.79 Å². The molecular formula is C17H16O3. The summed E-state index contributed by atoms with van der Waals surface area (Å²) in [5.41, 5.74) is 0.992. The predicted octanol–water partition coefficient (Wildman–Crippen LogP) is 3.90. The smallest absolute Gasteiger partial charge is 0.138 e. The summed E-state index contributed by atoms with van der Waals surface area (Å²) in [6.07, 6.45) is 0.835. The van der Waals surface area contributed by atoms with Crippen LogP contribution < -0.4 is 4.74 Å². The molecule has 0 N–H and O–H groups in total. The summed E-state index contributed by atoms with van der Waals surface area (Å²) in [7, 11) is 0. The molecule has 3 nitrogen and oxygen atoms in total. The average Bonchev–Trinajstić information content (AvgIpc) is 2.49. The van der Waals surface area contributed by atoms with Crippen LogP contribution in [0.2, 0.25) is 0 Å². The maximum absolute atomic E-state index is 11.5. The van der Waals surface area contributed by atoms with Crippen molar-refractivity contribution in [2.24, 2.45) is 0 Å². The molecule has 3 rings (SSSR count). The molecule has 1 aliphatic rings. The topological polar surface area (TPSA) is 35.5 Å². The number of carbonyl (C=O) groups is 1. The van der Waals surface area contributed by atoms with Crippen molar-refractivity contribution >= 4 is 5.78 Å². The number of ketones is 1. The zero-order valence-corrected chi connectivity index (χ0v) is 11.1. The molecule has 1 saturated heterocycles. The Bertz CT molecular complexity index is 592. The molecule has 0 spiro atoms. The van der Waals surface area contributed by atoms with Gasteiger partial charge in [0.05, 0.1) is 12.7 Å². The van der Waals surface area contributed by atoms with E-state index in [1.54, 1.807) is 0 Å². The first-order valence-corrected chi connectivity index (χ1v) is 6.77. The van der Waals surface area contributed by atoms with Crippen molar-refractivity contribution in [1.29, 1.82) is 0 Å². The van der Waals surface area contributed by atoms with E-state index in [0.29, 0.717) is 19.4 Å². The van der Waals surface area contributed by atoms with Gasteiger partial charge >= 0.3 is 0 Å². The molecule has 1 heterocycles. The Balaban J connectivity index is 1.77. The van der Waals surface area contributed by atoms with Crippen LogP contribution in [-0.2, 0) is 9.53 Å². The normalized spacial score (nSPS) is 18.8. The lowest BCUT2D eigenvalue weighted by atomic mass is 10.0. The Kier molecular flexibility index (Phi) is 3.79. The largest absolute Gasteiger partial charge is 0.457 e. The van der Waals surface area contributed by atoms with Crippen LogP contribution in [0.5, 0.6) is 11.5 Å². The predicted molar refractivity (Wildman–Crippen MR) is 75.9 cm³/mol. The Morgan fingerprint density at radius 2 is 1.80 bits per heavy atom. The first-order valence-electron chi connectivity index (χ1n) is 6.77. The molecule has 2 aromatic carbocycles. The molecule has 0 bridgehead atoms. The molecule has 0 saturated carbocycles. The molecule has 0 radical (unpaired) electrons. The van der Waals surface area contributed by atoms with Crippen molar-refractivity contribution in [1.82, 2.24) is 0 Å². The summed E-state index contributed by atoms with van der Waals surface area (Å²) in [4.78, 5) is 11.5. The van der Waals surface area contributed by atoms with Crippen molar-refractivity contribution in [3.8, 4) is 11.5 Å². The van der Waals surface area contributed by atoms with Crippen molar-refractivity contribution in [3.05, 3.63) is 60.2 Å². The number of benzene rings is 2. The van der Waals surface area contributed by atoms with Crippen LogP contribution in [0.15, 0.2) is 54.6 Å². The Hall–Kier alpha value is -2.13. The fourth-order valence-electron chi connectivity index (χ4n) is 2.30. The van der Waals surface area contributed by atoms with Gasteiger partial charge in [-0.15, -0.1) is 0 Å². The highest BCUT2D eigenvalue weighted by Crippen LogP contribution is 2.30. The van der Waals surface area contributed by atoms with Crippen molar-refractivity contribution < 1.29 is 14.3 Å². The number of Topliss-reactive ketones (excluding diaryl/α,β-unsaturated/α-hetero) is 1. The summed E-state index contributed by atoms with van der Waals surface area (Å²) < 4.78 is 11.5. The van der Waals surface area contributed by atoms with Gasteiger partial charge in [0.25, 0.3) is 0 Å². The molecule has 1 fully saturated rings. The number of ether oxygens (including phenoxy) is 2. The van der Waals surface area contributed by atoms with E-state index < -0.39 is 0 Å². The second kappa shape index (κ2) is 5.88. The van der Waals surface area contributed by atoms with E-state index in [1.807, 2.05) is 54.6 Å². The summed E-state index contributed by atoms with van der Waals surface area (Å²) in [6, 6.07) is 17.4. The first kappa shape index (κ1) is 12.9. The highest BCUT2D eigenvalue weighted by atomic mass is 16.5. The van der Waals surface area contributed by atoms with Gasteiger partial charge in [-0.1, -0.05) is 30.3 Å². The minimum atomic E-state index is -0.143. The molecule has 1 atom stereocenters. The molecule has 102 valence electrons.